The fourth-order valence-electron chi connectivity index (χ4n) is 2.95. The summed E-state index contributed by atoms with van der Waals surface area (Å²) in [6, 6.07) is 1.85. The Morgan fingerprint density at radius 2 is 2.05 bits per heavy atom. The van der Waals surface area contributed by atoms with Crippen LogP contribution in [0.5, 0.6) is 0 Å². The van der Waals surface area contributed by atoms with Gasteiger partial charge in [0.15, 0.2) is 0 Å². The molecule has 0 atom stereocenters. The van der Waals surface area contributed by atoms with Crippen molar-refractivity contribution in [1.82, 2.24) is 0 Å². The summed E-state index contributed by atoms with van der Waals surface area (Å²) in [6.45, 7) is 1.95. The number of rotatable bonds is 5. The van der Waals surface area contributed by atoms with E-state index in [0.29, 0.717) is 17.9 Å². The zero-order valence-corrected chi connectivity index (χ0v) is 14.4. The van der Waals surface area contributed by atoms with Gasteiger partial charge in [0.1, 0.15) is 0 Å². The Morgan fingerprint density at radius 3 is 2.48 bits per heavy atom. The van der Waals surface area contributed by atoms with Crippen LogP contribution < -0.4 is 0 Å². The monoisotopic (exact) mass is 402 g/mol. The maximum atomic E-state index is 12.0. The van der Waals surface area contributed by atoms with Crippen LogP contribution in [0.2, 0.25) is 0 Å². The first kappa shape index (κ1) is 16.3. The minimum atomic E-state index is -0.858. The first-order chi connectivity index (χ1) is 9.99. The third kappa shape index (κ3) is 3.22. The molecule has 5 heteroatoms. The molecule has 0 spiro atoms. The van der Waals surface area contributed by atoms with Crippen molar-refractivity contribution >= 4 is 34.5 Å². The quantitative estimate of drug-likeness (QED) is 0.605. The minimum absolute atomic E-state index is 0.0319. The summed E-state index contributed by atoms with van der Waals surface area (Å²) >= 11 is 2.21. The van der Waals surface area contributed by atoms with E-state index >= 15 is 0 Å². The van der Waals surface area contributed by atoms with Gasteiger partial charge in [0.25, 0.3) is 0 Å². The molecular weight excluding hydrogens is 383 g/mol. The van der Waals surface area contributed by atoms with Crippen molar-refractivity contribution in [1.29, 1.82) is 0 Å². The molecule has 1 aromatic rings. The second kappa shape index (κ2) is 6.77. The Hall–Kier alpha value is -1.11. The molecule has 114 valence electrons. The first-order valence-corrected chi connectivity index (χ1v) is 8.21. The maximum Gasteiger partial charge on any atom is 0.338 e. The fraction of sp³-hybridized carbons (Fsp3) is 0.500. The molecule has 4 nitrogen and oxygen atoms in total. The Balaban J connectivity index is 2.64. The van der Waals surface area contributed by atoms with Crippen LogP contribution in [0.25, 0.3) is 0 Å². The number of carbonyl (C=O) groups excluding carboxylic acids is 1. The highest BCUT2D eigenvalue weighted by Gasteiger charge is 2.29. The van der Waals surface area contributed by atoms with Crippen LogP contribution in [0.4, 0.5) is 0 Å². The normalized spacial score (nSPS) is 14.6. The number of benzene rings is 1. The molecule has 0 bridgehead atoms. The lowest BCUT2D eigenvalue weighted by molar-refractivity contribution is -0.136. The van der Waals surface area contributed by atoms with Gasteiger partial charge < -0.3 is 9.84 Å². The Bertz CT molecular complexity index is 576. The highest BCUT2D eigenvalue weighted by molar-refractivity contribution is 14.1. The van der Waals surface area contributed by atoms with Gasteiger partial charge in [-0.05, 0) is 70.5 Å². The zero-order valence-electron chi connectivity index (χ0n) is 12.2. The van der Waals surface area contributed by atoms with Crippen LogP contribution >= 0.6 is 22.6 Å². The average molecular weight is 402 g/mol. The Morgan fingerprint density at radius 1 is 1.38 bits per heavy atom. The number of ether oxygens (including phenoxy) is 1. The summed E-state index contributed by atoms with van der Waals surface area (Å²) in [5.74, 6) is -0.817. The van der Waals surface area contributed by atoms with Gasteiger partial charge in [-0.15, -0.1) is 0 Å². The van der Waals surface area contributed by atoms with Gasteiger partial charge in [-0.3, -0.25) is 4.79 Å². The smallest absolute Gasteiger partial charge is 0.338 e. The molecule has 0 saturated heterocycles. The average Bonchev–Trinajstić information content (AvgIpc) is 2.38. The number of hydrogen-bond donors (Lipinski definition) is 1. The van der Waals surface area contributed by atoms with Crippen LogP contribution in [0.15, 0.2) is 6.07 Å². The molecule has 0 amide bonds. The van der Waals surface area contributed by atoms with E-state index in [2.05, 4.69) is 22.6 Å². The number of methoxy groups -OCH3 is 1. The van der Waals surface area contributed by atoms with Crippen molar-refractivity contribution < 1.29 is 19.4 Å². The van der Waals surface area contributed by atoms with E-state index in [9.17, 15) is 14.7 Å². The van der Waals surface area contributed by atoms with Crippen molar-refractivity contribution in [2.45, 2.75) is 44.9 Å². The molecule has 0 heterocycles. The molecule has 21 heavy (non-hydrogen) atoms. The molecule has 1 aliphatic rings. The number of aliphatic carboxylic acids is 1. The topological polar surface area (TPSA) is 63.6 Å². The predicted octanol–water partition coefficient (Wildman–Crippen LogP) is 3.53. The summed E-state index contributed by atoms with van der Waals surface area (Å²) in [6.07, 6.45) is 3.99. The number of carbonyl (C=O) groups is 2. The molecule has 0 aliphatic heterocycles. The highest BCUT2D eigenvalue weighted by Crippen LogP contribution is 2.42. The summed E-state index contributed by atoms with van der Waals surface area (Å²) in [5.41, 5.74) is 3.28. The van der Waals surface area contributed by atoms with E-state index in [1.807, 2.05) is 13.0 Å². The van der Waals surface area contributed by atoms with Crippen molar-refractivity contribution in [2.24, 2.45) is 0 Å². The lowest BCUT2D eigenvalue weighted by Crippen LogP contribution is -2.19. The molecule has 2 rings (SSSR count). The molecular formula is C16H19IO4. The number of esters is 1. The maximum absolute atomic E-state index is 12.0. The van der Waals surface area contributed by atoms with Crippen LogP contribution in [-0.4, -0.2) is 24.2 Å². The third-order valence-corrected chi connectivity index (χ3v) is 5.04. The van der Waals surface area contributed by atoms with Crippen LogP contribution in [-0.2, 0) is 22.4 Å². The fourth-order valence-corrected chi connectivity index (χ4v) is 4.03. The second-order valence-corrected chi connectivity index (χ2v) is 6.48. The number of carboxylic acid groups (broad SMARTS) is 1. The summed E-state index contributed by atoms with van der Waals surface area (Å²) < 4.78 is 5.82. The van der Waals surface area contributed by atoms with Crippen LogP contribution in [0, 0.1) is 3.57 Å². The van der Waals surface area contributed by atoms with E-state index in [4.69, 9.17) is 4.74 Å². The van der Waals surface area contributed by atoms with E-state index in [0.717, 1.165) is 33.1 Å². The van der Waals surface area contributed by atoms with Gasteiger partial charge in [0.05, 0.1) is 19.1 Å². The van der Waals surface area contributed by atoms with Crippen molar-refractivity contribution in [3.8, 4) is 0 Å². The lowest BCUT2D eigenvalue weighted by Gasteiger charge is -2.30. The largest absolute Gasteiger partial charge is 0.481 e. The van der Waals surface area contributed by atoms with E-state index in [-0.39, 0.29) is 6.42 Å². The van der Waals surface area contributed by atoms with Gasteiger partial charge in [-0.2, -0.15) is 0 Å². The predicted molar refractivity (Wildman–Crippen MR) is 87.8 cm³/mol. The van der Waals surface area contributed by atoms with E-state index in [1.165, 1.54) is 13.5 Å². The number of hydrogen-bond acceptors (Lipinski definition) is 3. The number of carboxylic acids is 1. The van der Waals surface area contributed by atoms with Gasteiger partial charge in [-0.1, -0.05) is 13.3 Å². The summed E-state index contributed by atoms with van der Waals surface area (Å²) in [4.78, 5) is 23.2. The summed E-state index contributed by atoms with van der Waals surface area (Å²) in [5, 5.41) is 9.24. The number of halogens is 1. The van der Waals surface area contributed by atoms with Gasteiger partial charge in [-0.25, -0.2) is 4.79 Å². The molecule has 1 N–H and O–H groups in total. The second-order valence-electron chi connectivity index (χ2n) is 5.32. The zero-order chi connectivity index (χ0) is 15.6. The summed E-state index contributed by atoms with van der Waals surface area (Å²) in [7, 11) is 1.35. The molecule has 0 radical (unpaired) electrons. The first-order valence-electron chi connectivity index (χ1n) is 7.13. The standard InChI is InChI=1S/C16H19IO4/c1-3-10-11(8-14(18)19)15(9-5-4-6-9)13(17)7-12(10)16(20)21-2/h7,9H,3-6,8H2,1-2H3,(H,18,19). The Kier molecular flexibility index (Phi) is 5.24. The van der Waals surface area contributed by atoms with E-state index < -0.39 is 11.9 Å². The molecule has 1 saturated carbocycles. The van der Waals surface area contributed by atoms with Crippen molar-refractivity contribution in [3.05, 3.63) is 31.9 Å². The van der Waals surface area contributed by atoms with Crippen LogP contribution in [0.3, 0.4) is 0 Å². The molecule has 0 aromatic heterocycles. The van der Waals surface area contributed by atoms with Crippen LogP contribution in [0.1, 0.15) is 59.2 Å². The SMILES string of the molecule is CCc1c(C(=O)OC)cc(I)c(C2CCC2)c1CC(=O)O. The third-order valence-electron chi connectivity index (χ3n) is 4.14. The molecule has 0 unspecified atom stereocenters. The highest BCUT2D eigenvalue weighted by atomic mass is 127. The lowest BCUT2D eigenvalue weighted by atomic mass is 9.76. The van der Waals surface area contributed by atoms with Crippen molar-refractivity contribution in [3.63, 3.8) is 0 Å². The van der Waals surface area contributed by atoms with E-state index in [1.54, 1.807) is 0 Å². The minimum Gasteiger partial charge on any atom is -0.481 e. The Labute approximate surface area is 138 Å². The molecule has 1 fully saturated rings. The van der Waals surface area contributed by atoms with Gasteiger partial charge in [0, 0.05) is 3.57 Å². The van der Waals surface area contributed by atoms with Crippen molar-refractivity contribution in [2.75, 3.05) is 7.11 Å². The molecule has 1 aromatic carbocycles. The van der Waals surface area contributed by atoms with Gasteiger partial charge in [0.2, 0.25) is 0 Å². The van der Waals surface area contributed by atoms with Gasteiger partial charge >= 0.3 is 11.9 Å². The molecule has 1 aliphatic carbocycles.